The van der Waals surface area contributed by atoms with Gasteiger partial charge in [-0.25, -0.2) is 4.39 Å². The fourth-order valence-corrected chi connectivity index (χ4v) is 3.87. The fourth-order valence-electron chi connectivity index (χ4n) is 3.87. The maximum atomic E-state index is 14.5. The first-order valence-electron chi connectivity index (χ1n) is 9.51. The molecule has 0 saturated heterocycles. The summed E-state index contributed by atoms with van der Waals surface area (Å²) in [5, 5.41) is 0. The largest absolute Gasteiger partial charge is 0.491 e. The summed E-state index contributed by atoms with van der Waals surface area (Å²) in [5.41, 5.74) is 0. The molecule has 130 valence electrons. The van der Waals surface area contributed by atoms with Gasteiger partial charge in [-0.3, -0.25) is 0 Å². The van der Waals surface area contributed by atoms with Gasteiger partial charge in [-0.2, -0.15) is 0 Å². The molecular weight excluding hydrogens is 287 g/mol. The van der Waals surface area contributed by atoms with Gasteiger partial charge in [0, 0.05) is 0 Å². The Morgan fingerprint density at radius 3 is 2.48 bits per heavy atom. The Morgan fingerprint density at radius 1 is 1.13 bits per heavy atom. The quantitative estimate of drug-likeness (QED) is 0.509. The van der Waals surface area contributed by atoms with Crippen LogP contribution in [0.5, 0.6) is 5.75 Å². The predicted molar refractivity (Wildman–Crippen MR) is 95.6 cm³/mol. The molecule has 1 aliphatic rings. The van der Waals surface area contributed by atoms with Gasteiger partial charge in [-0.05, 0) is 49.1 Å². The van der Waals surface area contributed by atoms with E-state index < -0.39 is 6.17 Å². The Kier molecular flexibility index (Phi) is 7.91. The van der Waals surface area contributed by atoms with Crippen molar-refractivity contribution in [3.8, 4) is 5.75 Å². The number of hydrogen-bond acceptors (Lipinski definition) is 1. The third kappa shape index (κ3) is 6.53. The predicted octanol–water partition coefficient (Wildman–Crippen LogP) is 6.43. The molecule has 0 amide bonds. The lowest BCUT2D eigenvalue weighted by molar-refractivity contribution is 0.122. The number of ether oxygens (including phenoxy) is 1. The lowest BCUT2D eigenvalue weighted by Crippen LogP contribution is -2.26. The van der Waals surface area contributed by atoms with E-state index in [0.29, 0.717) is 12.3 Å². The molecule has 0 spiro atoms. The maximum absolute atomic E-state index is 14.5. The van der Waals surface area contributed by atoms with Crippen LogP contribution in [0.25, 0.3) is 0 Å². The highest BCUT2D eigenvalue weighted by molar-refractivity contribution is 5.20. The van der Waals surface area contributed by atoms with Crippen molar-refractivity contribution in [2.24, 2.45) is 17.8 Å². The Balaban J connectivity index is 1.81. The van der Waals surface area contributed by atoms with Gasteiger partial charge in [0.25, 0.3) is 0 Å². The van der Waals surface area contributed by atoms with E-state index >= 15 is 0 Å². The monoisotopic (exact) mass is 320 g/mol. The first kappa shape index (κ1) is 18.3. The van der Waals surface area contributed by atoms with E-state index in [0.717, 1.165) is 17.6 Å². The van der Waals surface area contributed by atoms with E-state index in [1.165, 1.54) is 44.9 Å². The minimum absolute atomic E-state index is 0.190. The van der Waals surface area contributed by atoms with Crippen molar-refractivity contribution in [1.29, 1.82) is 0 Å². The van der Waals surface area contributed by atoms with Crippen molar-refractivity contribution in [2.75, 3.05) is 6.61 Å². The SMILES string of the molecule is CCCCC(CC(F)COc1ccccc1)C1CCC(C)CC1. The Bertz CT molecular complexity index is 411. The molecule has 2 unspecified atom stereocenters. The number of para-hydroxylation sites is 1. The molecule has 1 aliphatic carbocycles. The van der Waals surface area contributed by atoms with Gasteiger partial charge in [-0.15, -0.1) is 0 Å². The first-order chi connectivity index (χ1) is 11.2. The molecule has 0 N–H and O–H groups in total. The van der Waals surface area contributed by atoms with E-state index in [1.54, 1.807) is 0 Å². The third-order valence-electron chi connectivity index (χ3n) is 5.39. The minimum atomic E-state index is -0.851. The van der Waals surface area contributed by atoms with Crippen molar-refractivity contribution in [3.63, 3.8) is 0 Å². The topological polar surface area (TPSA) is 9.23 Å². The van der Waals surface area contributed by atoms with Crippen LogP contribution in [0.1, 0.15) is 65.2 Å². The standard InChI is InChI=1S/C21H33FO/c1-3-4-8-19(18-13-11-17(2)12-14-18)15-20(22)16-23-21-9-6-5-7-10-21/h5-7,9-10,17-20H,3-4,8,11-16H2,1-2H3. The van der Waals surface area contributed by atoms with Crippen molar-refractivity contribution in [2.45, 2.75) is 71.4 Å². The van der Waals surface area contributed by atoms with Gasteiger partial charge in [-0.1, -0.05) is 64.2 Å². The van der Waals surface area contributed by atoms with Crippen molar-refractivity contribution >= 4 is 0 Å². The normalized spacial score (nSPS) is 24.1. The second kappa shape index (κ2) is 9.95. The van der Waals surface area contributed by atoms with Crippen molar-refractivity contribution in [1.82, 2.24) is 0 Å². The molecule has 23 heavy (non-hydrogen) atoms. The molecule has 1 saturated carbocycles. The first-order valence-corrected chi connectivity index (χ1v) is 9.51. The number of alkyl halides is 1. The summed E-state index contributed by atoms with van der Waals surface area (Å²) in [4.78, 5) is 0. The van der Waals surface area contributed by atoms with Crippen LogP contribution in [0.3, 0.4) is 0 Å². The highest BCUT2D eigenvalue weighted by Crippen LogP contribution is 2.37. The zero-order chi connectivity index (χ0) is 16.5. The highest BCUT2D eigenvalue weighted by Gasteiger charge is 2.28. The molecule has 0 aromatic heterocycles. The maximum Gasteiger partial charge on any atom is 0.134 e. The molecule has 2 atom stereocenters. The summed E-state index contributed by atoms with van der Waals surface area (Å²) in [6.07, 6.45) is 8.67. The number of hydrogen-bond donors (Lipinski definition) is 0. The molecule has 0 heterocycles. The molecule has 0 aliphatic heterocycles. The van der Waals surface area contributed by atoms with Gasteiger partial charge < -0.3 is 4.74 Å². The number of halogens is 1. The molecular formula is C21H33FO. The average molecular weight is 320 g/mol. The summed E-state index contributed by atoms with van der Waals surface area (Å²) in [5.74, 6) is 2.90. The van der Waals surface area contributed by atoms with E-state index in [9.17, 15) is 4.39 Å². The average Bonchev–Trinajstić information content (AvgIpc) is 2.58. The summed E-state index contributed by atoms with van der Waals surface area (Å²) in [6, 6.07) is 9.59. The molecule has 0 bridgehead atoms. The third-order valence-corrected chi connectivity index (χ3v) is 5.39. The molecule has 1 nitrogen and oxygen atoms in total. The van der Waals surface area contributed by atoms with Crippen LogP contribution in [-0.2, 0) is 0 Å². The fraction of sp³-hybridized carbons (Fsp3) is 0.714. The zero-order valence-electron chi connectivity index (χ0n) is 14.8. The molecule has 1 fully saturated rings. The second-order valence-electron chi connectivity index (χ2n) is 7.38. The van der Waals surface area contributed by atoms with Crippen molar-refractivity contribution in [3.05, 3.63) is 30.3 Å². The second-order valence-corrected chi connectivity index (χ2v) is 7.38. The minimum Gasteiger partial charge on any atom is -0.491 e. The number of unbranched alkanes of at least 4 members (excludes halogenated alkanes) is 1. The summed E-state index contributed by atoms with van der Waals surface area (Å²) in [6.45, 7) is 4.77. The summed E-state index contributed by atoms with van der Waals surface area (Å²) >= 11 is 0. The lowest BCUT2D eigenvalue weighted by atomic mass is 9.73. The smallest absolute Gasteiger partial charge is 0.134 e. The van der Waals surface area contributed by atoms with Crippen LogP contribution in [-0.4, -0.2) is 12.8 Å². The van der Waals surface area contributed by atoms with Gasteiger partial charge in [0.1, 0.15) is 18.5 Å². The van der Waals surface area contributed by atoms with Crippen LogP contribution in [0, 0.1) is 17.8 Å². The van der Waals surface area contributed by atoms with Gasteiger partial charge >= 0.3 is 0 Å². The van der Waals surface area contributed by atoms with E-state index in [1.807, 2.05) is 30.3 Å². The van der Waals surface area contributed by atoms with Crippen LogP contribution < -0.4 is 4.74 Å². The molecule has 1 aromatic rings. The van der Waals surface area contributed by atoms with Crippen molar-refractivity contribution < 1.29 is 9.13 Å². The summed E-state index contributed by atoms with van der Waals surface area (Å²) < 4.78 is 20.1. The Labute approximate surface area is 141 Å². The number of benzene rings is 1. The van der Waals surface area contributed by atoms with Crippen LogP contribution >= 0.6 is 0 Å². The molecule has 1 aromatic carbocycles. The number of rotatable bonds is 9. The van der Waals surface area contributed by atoms with Crippen LogP contribution in [0.2, 0.25) is 0 Å². The van der Waals surface area contributed by atoms with Gasteiger partial charge in [0.05, 0.1) is 0 Å². The van der Waals surface area contributed by atoms with Crippen LogP contribution in [0.4, 0.5) is 4.39 Å². The highest BCUT2D eigenvalue weighted by atomic mass is 19.1. The van der Waals surface area contributed by atoms with Gasteiger partial charge in [0.15, 0.2) is 0 Å². The molecule has 2 heteroatoms. The van der Waals surface area contributed by atoms with Gasteiger partial charge in [0.2, 0.25) is 0 Å². The Hall–Kier alpha value is -1.05. The van der Waals surface area contributed by atoms with Crippen LogP contribution in [0.15, 0.2) is 30.3 Å². The summed E-state index contributed by atoms with van der Waals surface area (Å²) in [7, 11) is 0. The molecule has 0 radical (unpaired) electrons. The van der Waals surface area contributed by atoms with E-state index in [2.05, 4.69) is 13.8 Å². The molecule has 2 rings (SSSR count). The lowest BCUT2D eigenvalue weighted by Gasteiger charge is -2.33. The zero-order valence-corrected chi connectivity index (χ0v) is 14.8. The van der Waals surface area contributed by atoms with E-state index in [4.69, 9.17) is 4.74 Å². The van der Waals surface area contributed by atoms with E-state index in [-0.39, 0.29) is 6.61 Å². The Morgan fingerprint density at radius 2 is 1.83 bits per heavy atom.